The predicted octanol–water partition coefficient (Wildman–Crippen LogP) is 8.52. The first-order valence-corrected chi connectivity index (χ1v) is 22.3. The molecule has 0 amide bonds. The SMILES string of the molecule is CCCS(=O)(=O)Nc1cccc(-c2nc(C(C)(C)C)sc2-c2ccnc(NCC(C)(C)C3CCN(CC4CCN(c5ccc(C(C)=O)nc5)CC4)CC3)n2)c1F. The number of rotatable bonds is 14. The maximum atomic E-state index is 16.1. The van der Waals surface area contributed by atoms with Crippen LogP contribution in [-0.2, 0) is 15.4 Å². The second kappa shape index (κ2) is 17.2. The third-order valence-electron chi connectivity index (χ3n) is 11.1. The van der Waals surface area contributed by atoms with Gasteiger partial charge in [-0.2, -0.15) is 0 Å². The Morgan fingerprint density at radius 1 is 0.964 bits per heavy atom. The molecule has 11 nitrogen and oxygen atoms in total. The zero-order valence-electron chi connectivity index (χ0n) is 33.9. The van der Waals surface area contributed by atoms with Crippen molar-refractivity contribution in [3.05, 3.63) is 65.3 Å². The number of halogens is 1. The first kappa shape index (κ1) is 41.6. The molecule has 56 heavy (non-hydrogen) atoms. The molecule has 4 aromatic rings. The van der Waals surface area contributed by atoms with Crippen LogP contribution in [0.5, 0.6) is 0 Å². The second-order valence-corrected chi connectivity index (χ2v) is 19.9. The molecule has 3 aromatic heterocycles. The van der Waals surface area contributed by atoms with E-state index in [0.717, 1.165) is 69.1 Å². The number of Topliss-reactive ketones (excluding diaryl/α,β-unsaturated/α-hetero) is 1. The van der Waals surface area contributed by atoms with Crippen LogP contribution in [0.4, 0.5) is 21.7 Å². The zero-order valence-corrected chi connectivity index (χ0v) is 35.5. The number of hydrogen-bond donors (Lipinski definition) is 2. The van der Waals surface area contributed by atoms with Gasteiger partial charge >= 0.3 is 0 Å². The molecule has 2 fully saturated rings. The Hall–Kier alpha value is -4.01. The number of aromatic nitrogens is 4. The van der Waals surface area contributed by atoms with E-state index in [9.17, 15) is 13.2 Å². The van der Waals surface area contributed by atoms with Gasteiger partial charge in [-0.3, -0.25) is 14.5 Å². The van der Waals surface area contributed by atoms with E-state index >= 15 is 4.39 Å². The molecule has 1 aromatic carbocycles. The first-order valence-electron chi connectivity index (χ1n) is 19.8. The van der Waals surface area contributed by atoms with Crippen molar-refractivity contribution in [3.63, 3.8) is 0 Å². The molecule has 6 rings (SSSR count). The van der Waals surface area contributed by atoms with Crippen LogP contribution in [-0.4, -0.2) is 84.1 Å². The first-order chi connectivity index (χ1) is 26.5. The fourth-order valence-corrected chi connectivity index (χ4v) is 9.96. The largest absolute Gasteiger partial charge is 0.370 e. The highest BCUT2D eigenvalue weighted by molar-refractivity contribution is 7.92. The van der Waals surface area contributed by atoms with Crippen LogP contribution in [0.25, 0.3) is 21.8 Å². The highest BCUT2D eigenvalue weighted by atomic mass is 32.2. The fraction of sp³-hybridized carbons (Fsp3) is 0.548. The van der Waals surface area contributed by atoms with Gasteiger partial charge in [-0.25, -0.2) is 27.8 Å². The number of nitrogens with zero attached hydrogens (tertiary/aromatic N) is 6. The minimum atomic E-state index is -3.69. The van der Waals surface area contributed by atoms with E-state index in [2.05, 4.69) is 64.4 Å². The molecule has 0 bridgehead atoms. The van der Waals surface area contributed by atoms with E-state index in [1.54, 1.807) is 32.2 Å². The van der Waals surface area contributed by atoms with Crippen molar-refractivity contribution in [3.8, 4) is 21.8 Å². The lowest BCUT2D eigenvalue weighted by Crippen LogP contribution is -2.44. The number of benzene rings is 1. The maximum Gasteiger partial charge on any atom is 0.232 e. The quantitative estimate of drug-likeness (QED) is 0.120. The number of carbonyl (C=O) groups is 1. The molecule has 2 aliphatic rings. The number of ketones is 1. The van der Waals surface area contributed by atoms with Crippen LogP contribution in [0.3, 0.4) is 0 Å². The number of hydrogen-bond acceptors (Lipinski definition) is 11. The summed E-state index contributed by atoms with van der Waals surface area (Å²) in [6.45, 7) is 20.2. The molecule has 5 heterocycles. The Kier molecular flexibility index (Phi) is 12.8. The van der Waals surface area contributed by atoms with Crippen molar-refractivity contribution < 1.29 is 17.6 Å². The van der Waals surface area contributed by atoms with Gasteiger partial charge in [0.2, 0.25) is 16.0 Å². The second-order valence-electron chi connectivity index (χ2n) is 17.1. The smallest absolute Gasteiger partial charge is 0.232 e. The summed E-state index contributed by atoms with van der Waals surface area (Å²) in [5.41, 5.74) is 2.48. The molecule has 14 heteroatoms. The number of thiazole rings is 1. The van der Waals surface area contributed by atoms with E-state index in [0.29, 0.717) is 52.7 Å². The maximum absolute atomic E-state index is 16.1. The van der Waals surface area contributed by atoms with Crippen LogP contribution >= 0.6 is 11.3 Å². The van der Waals surface area contributed by atoms with Crippen LogP contribution in [0.1, 0.15) is 96.1 Å². The van der Waals surface area contributed by atoms with Gasteiger partial charge in [0.05, 0.1) is 44.6 Å². The van der Waals surface area contributed by atoms with Gasteiger partial charge in [-0.05, 0) is 92.8 Å². The molecular formula is C42H57FN8O3S2. The number of pyridine rings is 1. The van der Waals surface area contributed by atoms with E-state index in [-0.39, 0.29) is 33.6 Å². The van der Waals surface area contributed by atoms with Gasteiger partial charge in [0.25, 0.3) is 0 Å². The zero-order chi connectivity index (χ0) is 40.3. The van der Waals surface area contributed by atoms with Gasteiger partial charge < -0.3 is 15.1 Å². The highest BCUT2D eigenvalue weighted by Crippen LogP contribution is 2.42. The third-order valence-corrected chi connectivity index (χ3v) is 14.1. The van der Waals surface area contributed by atoms with Crippen molar-refractivity contribution in [2.45, 2.75) is 86.0 Å². The van der Waals surface area contributed by atoms with E-state index < -0.39 is 15.8 Å². The summed E-state index contributed by atoms with van der Waals surface area (Å²) >= 11 is 1.46. The number of sulfonamides is 1. The minimum Gasteiger partial charge on any atom is -0.370 e. The van der Waals surface area contributed by atoms with Gasteiger partial charge in [0.15, 0.2) is 11.6 Å². The highest BCUT2D eigenvalue weighted by Gasteiger charge is 2.34. The molecule has 0 spiro atoms. The monoisotopic (exact) mass is 804 g/mol. The Morgan fingerprint density at radius 3 is 2.34 bits per heavy atom. The van der Waals surface area contributed by atoms with E-state index in [1.165, 1.54) is 17.4 Å². The minimum absolute atomic E-state index is 0.00629. The summed E-state index contributed by atoms with van der Waals surface area (Å²) in [5, 5.41) is 4.34. The fourth-order valence-electron chi connectivity index (χ4n) is 7.72. The summed E-state index contributed by atoms with van der Waals surface area (Å²) < 4.78 is 43.5. The molecule has 0 unspecified atom stereocenters. The molecule has 0 atom stereocenters. The normalized spacial score (nSPS) is 16.6. The molecule has 2 N–H and O–H groups in total. The van der Waals surface area contributed by atoms with Crippen molar-refractivity contribution in [1.29, 1.82) is 0 Å². The van der Waals surface area contributed by atoms with E-state index in [4.69, 9.17) is 9.97 Å². The van der Waals surface area contributed by atoms with Crippen molar-refractivity contribution in [2.24, 2.45) is 17.3 Å². The summed E-state index contributed by atoms with van der Waals surface area (Å²) in [5.74, 6) is 0.964. The lowest BCUT2D eigenvalue weighted by atomic mass is 9.73. The van der Waals surface area contributed by atoms with Crippen molar-refractivity contribution in [1.82, 2.24) is 24.8 Å². The van der Waals surface area contributed by atoms with Gasteiger partial charge in [-0.1, -0.05) is 47.6 Å². The molecule has 0 radical (unpaired) electrons. The summed E-state index contributed by atoms with van der Waals surface area (Å²) in [6, 6.07) is 10.4. The topological polar surface area (TPSA) is 133 Å². The average Bonchev–Trinajstić information content (AvgIpc) is 3.62. The Balaban J connectivity index is 1.07. The lowest BCUT2D eigenvalue weighted by Gasteiger charge is -2.42. The van der Waals surface area contributed by atoms with Crippen LogP contribution in [0.15, 0.2) is 48.8 Å². The Labute approximate surface area is 336 Å². The van der Waals surface area contributed by atoms with Crippen molar-refractivity contribution in [2.75, 3.05) is 60.0 Å². The summed E-state index contributed by atoms with van der Waals surface area (Å²) in [7, 11) is -3.69. The number of likely N-dealkylation sites (tertiary alicyclic amines) is 1. The van der Waals surface area contributed by atoms with Crippen molar-refractivity contribution >= 4 is 44.5 Å². The Morgan fingerprint density at radius 2 is 1.70 bits per heavy atom. The molecule has 2 saturated heterocycles. The van der Waals surface area contributed by atoms with Crippen LogP contribution in [0, 0.1) is 23.1 Å². The number of anilines is 3. The Bertz CT molecular complexity index is 2080. The summed E-state index contributed by atoms with van der Waals surface area (Å²) in [4.78, 5) is 36.0. The van der Waals surface area contributed by atoms with Gasteiger partial charge in [-0.15, -0.1) is 11.3 Å². The third kappa shape index (κ3) is 10.1. The van der Waals surface area contributed by atoms with Crippen LogP contribution < -0.4 is 14.9 Å². The van der Waals surface area contributed by atoms with Crippen LogP contribution in [0.2, 0.25) is 0 Å². The van der Waals surface area contributed by atoms with Gasteiger partial charge in [0.1, 0.15) is 5.69 Å². The summed E-state index contributed by atoms with van der Waals surface area (Å²) in [6.07, 6.45) is 8.56. The van der Waals surface area contributed by atoms with Gasteiger partial charge in [0, 0.05) is 50.3 Å². The number of piperidine rings is 2. The molecule has 0 aliphatic carbocycles. The molecule has 2 aliphatic heterocycles. The number of carbonyl (C=O) groups excluding carboxylic acids is 1. The standard InChI is InChI=1S/C42H57FN8O3S2/c1-8-24-56(53,54)49-34-11-9-10-32(36(34)43)37-38(55-39(48-37)41(3,4)5)35-14-19-44-40(47-35)46-27-42(6,7)30-17-20-50(21-18-30)26-29-15-22-51(23-16-29)31-12-13-33(28(2)52)45-25-31/h9-14,19,25,29-30,49H,8,15-18,20-24,26-27H2,1-7H3,(H,44,46,47). The molecule has 302 valence electrons. The number of nitrogens with one attached hydrogen (secondary N) is 2. The molecule has 0 saturated carbocycles. The van der Waals surface area contributed by atoms with E-state index in [1.807, 2.05) is 24.4 Å². The predicted molar refractivity (Wildman–Crippen MR) is 226 cm³/mol. The molecular weight excluding hydrogens is 748 g/mol. The lowest BCUT2D eigenvalue weighted by molar-refractivity contribution is 0.0939. The average molecular weight is 805 g/mol.